The third-order valence-corrected chi connectivity index (χ3v) is 6.52. The first kappa shape index (κ1) is 23.1. The Morgan fingerprint density at radius 3 is 2.71 bits per heavy atom. The molecule has 2 aromatic carbocycles. The third kappa shape index (κ3) is 5.09. The molecular weight excluding hydrogens is 438 g/mol. The number of carbonyl (C=O) groups is 1. The second kappa shape index (κ2) is 9.21. The van der Waals surface area contributed by atoms with Crippen molar-refractivity contribution in [2.75, 3.05) is 18.4 Å². The topological polar surface area (TPSA) is 72.3 Å². The maximum absolute atomic E-state index is 12.5. The SMILES string of the molecule is Cn1ccc2ccc(-c3cc(NC4CCCN(C(=O)OC(C)(C)C)CC4)cc4nccnc34)cc21. The number of carbonyl (C=O) groups excluding carboxylic acids is 1. The van der Waals surface area contributed by atoms with Crippen LogP contribution < -0.4 is 5.32 Å². The molecule has 0 bridgehead atoms. The number of hydrogen-bond donors (Lipinski definition) is 1. The Morgan fingerprint density at radius 2 is 1.89 bits per heavy atom. The van der Waals surface area contributed by atoms with Crippen LogP contribution in [0.4, 0.5) is 10.5 Å². The Kier molecular flexibility index (Phi) is 6.09. The van der Waals surface area contributed by atoms with Crippen LogP contribution in [0.15, 0.2) is 55.0 Å². The van der Waals surface area contributed by atoms with E-state index in [0.717, 1.165) is 53.7 Å². The molecule has 182 valence electrons. The van der Waals surface area contributed by atoms with E-state index in [1.54, 1.807) is 12.4 Å². The van der Waals surface area contributed by atoms with Gasteiger partial charge in [0.1, 0.15) is 5.60 Å². The number of anilines is 1. The summed E-state index contributed by atoms with van der Waals surface area (Å²) in [7, 11) is 2.06. The van der Waals surface area contributed by atoms with Crippen LogP contribution >= 0.6 is 0 Å². The zero-order valence-electron chi connectivity index (χ0n) is 20.9. The van der Waals surface area contributed by atoms with Crippen molar-refractivity contribution in [1.82, 2.24) is 19.4 Å². The molecule has 1 aliphatic heterocycles. The van der Waals surface area contributed by atoms with Gasteiger partial charge in [0.15, 0.2) is 0 Å². The number of likely N-dealkylation sites (tertiary alicyclic amines) is 1. The van der Waals surface area contributed by atoms with Crippen LogP contribution in [0.2, 0.25) is 0 Å². The number of nitrogens with one attached hydrogen (secondary N) is 1. The van der Waals surface area contributed by atoms with Crippen molar-refractivity contribution in [3.63, 3.8) is 0 Å². The fraction of sp³-hybridized carbons (Fsp3) is 0.393. The highest BCUT2D eigenvalue weighted by atomic mass is 16.6. The van der Waals surface area contributed by atoms with Gasteiger partial charge in [0.25, 0.3) is 0 Å². The maximum Gasteiger partial charge on any atom is 0.410 e. The van der Waals surface area contributed by atoms with Gasteiger partial charge in [-0.25, -0.2) is 4.79 Å². The minimum Gasteiger partial charge on any atom is -0.444 e. The van der Waals surface area contributed by atoms with Crippen molar-refractivity contribution >= 4 is 33.7 Å². The van der Waals surface area contributed by atoms with Gasteiger partial charge in [-0.05, 0) is 75.2 Å². The Balaban J connectivity index is 1.40. The summed E-state index contributed by atoms with van der Waals surface area (Å²) in [5, 5.41) is 4.94. The molecule has 1 amide bonds. The molecule has 1 N–H and O–H groups in total. The van der Waals surface area contributed by atoms with Gasteiger partial charge in [-0.15, -0.1) is 0 Å². The Hall–Kier alpha value is -3.61. The van der Waals surface area contributed by atoms with Gasteiger partial charge in [-0.1, -0.05) is 12.1 Å². The van der Waals surface area contributed by atoms with Crippen LogP contribution in [0.25, 0.3) is 33.1 Å². The number of amides is 1. The monoisotopic (exact) mass is 471 g/mol. The van der Waals surface area contributed by atoms with E-state index in [-0.39, 0.29) is 12.1 Å². The van der Waals surface area contributed by atoms with E-state index in [0.29, 0.717) is 6.54 Å². The molecule has 0 aliphatic carbocycles. The minimum absolute atomic E-state index is 0.225. The first-order valence-electron chi connectivity index (χ1n) is 12.3. The van der Waals surface area contributed by atoms with Crippen LogP contribution in [0, 0.1) is 0 Å². The molecule has 0 saturated carbocycles. The molecule has 0 radical (unpaired) electrons. The fourth-order valence-corrected chi connectivity index (χ4v) is 4.79. The van der Waals surface area contributed by atoms with E-state index < -0.39 is 5.60 Å². The zero-order valence-corrected chi connectivity index (χ0v) is 20.9. The molecular formula is C28H33N5O2. The molecule has 35 heavy (non-hydrogen) atoms. The molecule has 7 nitrogen and oxygen atoms in total. The van der Waals surface area contributed by atoms with Crippen molar-refractivity contribution in [2.24, 2.45) is 7.05 Å². The van der Waals surface area contributed by atoms with Crippen LogP contribution in [-0.4, -0.2) is 50.3 Å². The van der Waals surface area contributed by atoms with Crippen molar-refractivity contribution < 1.29 is 9.53 Å². The lowest BCUT2D eigenvalue weighted by molar-refractivity contribution is 0.0256. The van der Waals surface area contributed by atoms with Crippen molar-refractivity contribution in [2.45, 2.75) is 51.7 Å². The summed E-state index contributed by atoms with van der Waals surface area (Å²) in [6.07, 6.45) is 8.12. The molecule has 3 heterocycles. The van der Waals surface area contributed by atoms with E-state index >= 15 is 0 Å². The number of aryl methyl sites for hydroxylation is 1. The molecule has 1 aliphatic rings. The second-order valence-electron chi connectivity index (χ2n) is 10.4. The molecule has 0 spiro atoms. The third-order valence-electron chi connectivity index (χ3n) is 6.52. The van der Waals surface area contributed by atoms with Crippen LogP contribution in [-0.2, 0) is 11.8 Å². The van der Waals surface area contributed by atoms with Gasteiger partial charge in [0.05, 0.1) is 11.0 Å². The summed E-state index contributed by atoms with van der Waals surface area (Å²) in [6, 6.07) is 13.2. The summed E-state index contributed by atoms with van der Waals surface area (Å²) < 4.78 is 7.72. The molecule has 1 saturated heterocycles. The number of rotatable bonds is 3. The predicted molar refractivity (Wildman–Crippen MR) is 141 cm³/mol. The number of ether oxygens (including phenoxy) is 1. The minimum atomic E-state index is -0.480. The zero-order chi connectivity index (χ0) is 24.6. The number of aromatic nitrogens is 3. The highest BCUT2D eigenvalue weighted by Crippen LogP contribution is 2.33. The number of fused-ring (bicyclic) bond motifs is 2. The first-order chi connectivity index (χ1) is 16.8. The van der Waals surface area contributed by atoms with Crippen LogP contribution in [0.5, 0.6) is 0 Å². The molecule has 1 fully saturated rings. The Morgan fingerprint density at radius 1 is 1.06 bits per heavy atom. The standard InChI is InChI=1S/C28H33N5O2/c1-28(2,3)35-27(34)33-13-5-6-21(10-15-33)31-22-17-23(26-24(18-22)29-11-12-30-26)20-8-7-19-9-14-32(4)25(19)16-20/h7-9,11-12,14,16-18,21,31H,5-6,10,13,15H2,1-4H3. The molecule has 1 atom stereocenters. The maximum atomic E-state index is 12.5. The number of benzene rings is 2. The summed E-state index contributed by atoms with van der Waals surface area (Å²) in [5.74, 6) is 0. The highest BCUT2D eigenvalue weighted by molar-refractivity contribution is 5.97. The second-order valence-corrected chi connectivity index (χ2v) is 10.4. The van der Waals surface area contributed by atoms with Crippen molar-refractivity contribution in [3.05, 3.63) is 55.0 Å². The predicted octanol–water partition coefficient (Wildman–Crippen LogP) is 5.99. The molecule has 2 aromatic heterocycles. The van der Waals surface area contributed by atoms with Gasteiger partial charge >= 0.3 is 6.09 Å². The van der Waals surface area contributed by atoms with Crippen LogP contribution in [0.3, 0.4) is 0 Å². The largest absolute Gasteiger partial charge is 0.444 e. The van der Waals surface area contributed by atoms with Crippen molar-refractivity contribution in [3.8, 4) is 11.1 Å². The summed E-state index contributed by atoms with van der Waals surface area (Å²) in [4.78, 5) is 23.6. The average molecular weight is 472 g/mol. The quantitative estimate of drug-likeness (QED) is 0.397. The average Bonchev–Trinajstić information content (AvgIpc) is 3.03. The van der Waals surface area contributed by atoms with E-state index in [1.807, 2.05) is 25.7 Å². The summed E-state index contributed by atoms with van der Waals surface area (Å²) in [6.45, 7) is 7.11. The molecule has 1 unspecified atom stereocenters. The molecule has 4 aromatic rings. The van der Waals surface area contributed by atoms with E-state index in [2.05, 4.69) is 69.5 Å². The van der Waals surface area contributed by atoms with Gasteiger partial charge in [0, 0.05) is 61.5 Å². The lowest BCUT2D eigenvalue weighted by Gasteiger charge is -2.26. The summed E-state index contributed by atoms with van der Waals surface area (Å²) in [5.41, 5.74) is 5.66. The smallest absolute Gasteiger partial charge is 0.410 e. The van der Waals surface area contributed by atoms with Gasteiger partial charge in [-0.3, -0.25) is 9.97 Å². The van der Waals surface area contributed by atoms with Crippen molar-refractivity contribution in [1.29, 1.82) is 0 Å². The normalized spacial score (nSPS) is 16.9. The van der Waals surface area contributed by atoms with Crippen LogP contribution in [0.1, 0.15) is 40.0 Å². The first-order valence-corrected chi connectivity index (χ1v) is 12.3. The number of hydrogen-bond acceptors (Lipinski definition) is 5. The lowest BCUT2D eigenvalue weighted by Crippen LogP contribution is -2.37. The molecule has 7 heteroatoms. The van der Waals surface area contributed by atoms with Gasteiger partial charge < -0.3 is 19.5 Å². The Labute approximate surface area is 206 Å². The van der Waals surface area contributed by atoms with E-state index in [1.165, 1.54) is 10.9 Å². The molecule has 5 rings (SSSR count). The highest BCUT2D eigenvalue weighted by Gasteiger charge is 2.25. The fourth-order valence-electron chi connectivity index (χ4n) is 4.79. The Bertz CT molecular complexity index is 1370. The lowest BCUT2D eigenvalue weighted by atomic mass is 10.0. The van der Waals surface area contributed by atoms with Gasteiger partial charge in [-0.2, -0.15) is 0 Å². The van der Waals surface area contributed by atoms with E-state index in [4.69, 9.17) is 4.74 Å². The van der Waals surface area contributed by atoms with E-state index in [9.17, 15) is 4.79 Å². The van der Waals surface area contributed by atoms with Gasteiger partial charge in [0.2, 0.25) is 0 Å². The summed E-state index contributed by atoms with van der Waals surface area (Å²) >= 11 is 0. The number of nitrogens with zero attached hydrogens (tertiary/aromatic N) is 4.